The molecule has 1 atom stereocenters. The number of allylic oxidation sites excluding steroid dienone is 2. The van der Waals surface area contributed by atoms with E-state index in [0.29, 0.717) is 24.0 Å². The first kappa shape index (κ1) is 22.0. The van der Waals surface area contributed by atoms with E-state index < -0.39 is 6.04 Å². The van der Waals surface area contributed by atoms with Crippen molar-refractivity contribution in [2.45, 2.75) is 44.2 Å². The van der Waals surface area contributed by atoms with Crippen LogP contribution in [0, 0.1) is 11.3 Å². The standard InChI is InChI=1S/C25H29N5O2/c26-18-20-8-6-19(7-9-20)10-14-27-24(21-4-2-1-3-5-21)25(31)28-23-11-15-30(29-23)22-12-16-32-17-13-22/h2,4-9,11,15,22,24,27H,1,3,10,12-14,16-17H2,(H,28,29,31). The van der Waals surface area contributed by atoms with Crippen LogP contribution in [0.4, 0.5) is 5.82 Å². The Bertz CT molecular complexity index is 1010. The molecule has 32 heavy (non-hydrogen) atoms. The molecular weight excluding hydrogens is 402 g/mol. The highest BCUT2D eigenvalue weighted by atomic mass is 16.5. The fourth-order valence-electron chi connectivity index (χ4n) is 4.07. The number of aromatic nitrogens is 2. The van der Waals surface area contributed by atoms with Crippen molar-refractivity contribution in [1.82, 2.24) is 15.1 Å². The van der Waals surface area contributed by atoms with Gasteiger partial charge in [0.25, 0.3) is 0 Å². The van der Waals surface area contributed by atoms with E-state index in [1.807, 2.05) is 47.3 Å². The Labute approximate surface area is 188 Å². The summed E-state index contributed by atoms with van der Waals surface area (Å²) in [4.78, 5) is 13.2. The second-order valence-electron chi connectivity index (χ2n) is 8.14. The van der Waals surface area contributed by atoms with E-state index in [1.165, 1.54) is 0 Å². The Morgan fingerprint density at radius 1 is 1.22 bits per heavy atom. The van der Waals surface area contributed by atoms with Crippen molar-refractivity contribution >= 4 is 11.7 Å². The van der Waals surface area contributed by atoms with Gasteiger partial charge in [-0.2, -0.15) is 10.4 Å². The van der Waals surface area contributed by atoms with Crippen molar-refractivity contribution in [3.05, 3.63) is 71.5 Å². The topological polar surface area (TPSA) is 92.0 Å². The number of rotatable bonds is 8. The monoisotopic (exact) mass is 431 g/mol. The van der Waals surface area contributed by atoms with Crippen LogP contribution < -0.4 is 10.6 Å². The highest BCUT2D eigenvalue weighted by Gasteiger charge is 2.23. The Morgan fingerprint density at radius 3 is 2.75 bits per heavy atom. The molecule has 0 bridgehead atoms. The van der Waals surface area contributed by atoms with E-state index in [9.17, 15) is 4.79 Å². The number of hydrogen-bond donors (Lipinski definition) is 2. The largest absolute Gasteiger partial charge is 0.381 e. The summed E-state index contributed by atoms with van der Waals surface area (Å²) in [5.41, 5.74) is 2.76. The van der Waals surface area contributed by atoms with Gasteiger partial charge in [-0.05, 0) is 55.4 Å². The van der Waals surface area contributed by atoms with Gasteiger partial charge in [-0.25, -0.2) is 0 Å². The summed E-state index contributed by atoms with van der Waals surface area (Å²) in [5, 5.41) is 19.9. The van der Waals surface area contributed by atoms with Crippen LogP contribution in [0.3, 0.4) is 0 Å². The van der Waals surface area contributed by atoms with Crippen LogP contribution in [0.5, 0.6) is 0 Å². The molecule has 1 fully saturated rings. The van der Waals surface area contributed by atoms with Crippen LogP contribution in [0.1, 0.15) is 42.9 Å². The third-order valence-electron chi connectivity index (χ3n) is 5.89. The molecule has 0 saturated carbocycles. The molecule has 0 spiro atoms. The minimum Gasteiger partial charge on any atom is -0.381 e. The quantitative estimate of drug-likeness (QED) is 0.667. The van der Waals surface area contributed by atoms with Crippen LogP contribution in [0.25, 0.3) is 0 Å². The van der Waals surface area contributed by atoms with Gasteiger partial charge < -0.3 is 15.4 Å². The maximum Gasteiger partial charge on any atom is 0.247 e. The van der Waals surface area contributed by atoms with Gasteiger partial charge in [0.15, 0.2) is 5.82 Å². The van der Waals surface area contributed by atoms with Crippen LogP contribution in [-0.2, 0) is 16.0 Å². The van der Waals surface area contributed by atoms with Gasteiger partial charge in [0.1, 0.15) is 6.04 Å². The SMILES string of the molecule is N#Cc1ccc(CCNC(C(=O)Nc2ccn(C3CCOCC3)n2)C2=CCCC=C2)cc1. The highest BCUT2D eigenvalue weighted by Crippen LogP contribution is 2.21. The Kier molecular flexibility index (Phi) is 7.49. The lowest BCUT2D eigenvalue weighted by atomic mass is 9.99. The molecule has 4 rings (SSSR count). The van der Waals surface area contributed by atoms with Gasteiger partial charge in [0.2, 0.25) is 5.91 Å². The van der Waals surface area contributed by atoms with Crippen LogP contribution >= 0.6 is 0 Å². The number of hydrogen-bond acceptors (Lipinski definition) is 5. The van der Waals surface area contributed by atoms with Gasteiger partial charge in [-0.1, -0.05) is 30.4 Å². The van der Waals surface area contributed by atoms with Gasteiger partial charge in [-0.3, -0.25) is 9.48 Å². The summed E-state index contributed by atoms with van der Waals surface area (Å²) in [6.45, 7) is 2.14. The molecule has 1 unspecified atom stereocenters. The highest BCUT2D eigenvalue weighted by molar-refractivity contribution is 5.96. The zero-order chi connectivity index (χ0) is 22.2. The summed E-state index contributed by atoms with van der Waals surface area (Å²) in [6.07, 6.45) is 12.8. The number of benzene rings is 1. The third-order valence-corrected chi connectivity index (χ3v) is 5.89. The van der Waals surface area contributed by atoms with Crippen LogP contribution in [0.15, 0.2) is 60.3 Å². The average Bonchev–Trinajstić information content (AvgIpc) is 3.31. The molecule has 2 N–H and O–H groups in total. The fourth-order valence-corrected chi connectivity index (χ4v) is 4.07. The van der Waals surface area contributed by atoms with Crippen molar-refractivity contribution in [2.24, 2.45) is 0 Å². The van der Waals surface area contributed by atoms with E-state index >= 15 is 0 Å². The predicted octanol–water partition coefficient (Wildman–Crippen LogP) is 3.52. The molecule has 1 aromatic carbocycles. The van der Waals surface area contributed by atoms with Crippen molar-refractivity contribution in [1.29, 1.82) is 5.26 Å². The van der Waals surface area contributed by atoms with Gasteiger partial charge >= 0.3 is 0 Å². The number of nitrogens with one attached hydrogen (secondary N) is 2. The van der Waals surface area contributed by atoms with E-state index in [4.69, 9.17) is 10.00 Å². The molecule has 1 aliphatic carbocycles. The maximum absolute atomic E-state index is 13.2. The molecule has 2 heterocycles. The molecule has 7 heteroatoms. The van der Waals surface area contributed by atoms with Crippen LogP contribution in [-0.4, -0.2) is 41.5 Å². The summed E-state index contributed by atoms with van der Waals surface area (Å²) < 4.78 is 7.36. The summed E-state index contributed by atoms with van der Waals surface area (Å²) in [6, 6.07) is 11.4. The van der Waals surface area contributed by atoms with E-state index in [2.05, 4.69) is 34.0 Å². The van der Waals surface area contributed by atoms with E-state index in [1.54, 1.807) is 0 Å². The Balaban J connectivity index is 1.38. The fraction of sp³-hybridized carbons (Fsp3) is 0.400. The van der Waals surface area contributed by atoms with Gasteiger partial charge in [0.05, 0.1) is 17.7 Å². The second kappa shape index (κ2) is 10.9. The summed E-state index contributed by atoms with van der Waals surface area (Å²) in [5.74, 6) is 0.459. The molecule has 1 amide bonds. The summed E-state index contributed by atoms with van der Waals surface area (Å²) in [7, 11) is 0. The number of nitriles is 1. The minimum absolute atomic E-state index is 0.111. The summed E-state index contributed by atoms with van der Waals surface area (Å²) >= 11 is 0. The lowest BCUT2D eigenvalue weighted by molar-refractivity contribution is -0.117. The zero-order valence-corrected chi connectivity index (χ0v) is 18.2. The molecule has 166 valence electrons. The minimum atomic E-state index is -0.446. The second-order valence-corrected chi connectivity index (χ2v) is 8.14. The van der Waals surface area contributed by atoms with Gasteiger partial charge in [-0.15, -0.1) is 0 Å². The Morgan fingerprint density at radius 2 is 2.03 bits per heavy atom. The average molecular weight is 432 g/mol. The molecular formula is C25H29N5O2. The molecule has 7 nitrogen and oxygen atoms in total. The van der Waals surface area contributed by atoms with Crippen molar-refractivity contribution in [3.63, 3.8) is 0 Å². The first-order valence-electron chi connectivity index (χ1n) is 11.3. The smallest absolute Gasteiger partial charge is 0.247 e. The first-order chi connectivity index (χ1) is 15.7. The molecule has 2 aromatic rings. The molecule has 0 radical (unpaired) electrons. The normalized spacial score (nSPS) is 17.4. The van der Waals surface area contributed by atoms with Gasteiger partial charge in [0, 0.05) is 32.0 Å². The van der Waals surface area contributed by atoms with Crippen molar-refractivity contribution < 1.29 is 9.53 Å². The predicted molar refractivity (Wildman–Crippen MR) is 123 cm³/mol. The molecule has 2 aliphatic rings. The number of anilines is 1. The van der Waals surface area contributed by atoms with E-state index in [0.717, 1.165) is 56.5 Å². The number of ether oxygens (including phenoxy) is 1. The lowest BCUT2D eigenvalue weighted by Crippen LogP contribution is -2.43. The first-order valence-corrected chi connectivity index (χ1v) is 11.3. The Hall–Kier alpha value is -3.21. The zero-order valence-electron chi connectivity index (χ0n) is 18.2. The number of carbonyl (C=O) groups is 1. The van der Waals surface area contributed by atoms with E-state index in [-0.39, 0.29) is 5.91 Å². The molecule has 1 aliphatic heterocycles. The number of nitrogens with zero attached hydrogens (tertiary/aromatic N) is 3. The lowest BCUT2D eigenvalue weighted by Gasteiger charge is -2.22. The number of amides is 1. The van der Waals surface area contributed by atoms with Crippen LogP contribution in [0.2, 0.25) is 0 Å². The van der Waals surface area contributed by atoms with Crippen molar-refractivity contribution in [2.75, 3.05) is 25.1 Å². The molecule has 1 aromatic heterocycles. The third kappa shape index (κ3) is 5.72. The molecule has 1 saturated heterocycles. The number of carbonyl (C=O) groups excluding carboxylic acids is 1. The maximum atomic E-state index is 13.2. The van der Waals surface area contributed by atoms with Crippen molar-refractivity contribution in [3.8, 4) is 6.07 Å².